The number of nitrogens with one attached hydrogen (secondary N) is 2. The molecule has 6 nitrogen and oxygen atoms in total. The molecule has 1 atom stereocenters. The Hall–Kier alpha value is -2.08. The number of benzene rings is 1. The van der Waals surface area contributed by atoms with Crippen molar-refractivity contribution >= 4 is 35.0 Å². The van der Waals surface area contributed by atoms with Gasteiger partial charge in [-0.05, 0) is 25.0 Å². The molecule has 1 saturated carbocycles. The zero-order valence-corrected chi connectivity index (χ0v) is 14.0. The first-order valence-corrected chi connectivity index (χ1v) is 8.54. The summed E-state index contributed by atoms with van der Waals surface area (Å²) in [5, 5.41) is 6.07. The van der Waals surface area contributed by atoms with Gasteiger partial charge in [0.15, 0.2) is 0 Å². The zero-order valence-electron chi connectivity index (χ0n) is 13.3. The molecule has 0 spiro atoms. The molecule has 7 heteroatoms. The van der Waals surface area contributed by atoms with Crippen LogP contribution in [0.3, 0.4) is 0 Å². The number of rotatable bonds is 6. The fourth-order valence-electron chi connectivity index (χ4n) is 2.79. The Morgan fingerprint density at radius 3 is 2.33 bits per heavy atom. The van der Waals surface area contributed by atoms with E-state index in [0.29, 0.717) is 30.3 Å². The fraction of sp³-hybridized carbons (Fsp3) is 0.471. The SMILES string of the molecule is O=C(NCCNC(=O)C1CC(=O)N(c2ccccc2Cl)C1)C1CC1. The van der Waals surface area contributed by atoms with Gasteiger partial charge < -0.3 is 15.5 Å². The predicted molar refractivity (Wildman–Crippen MR) is 90.7 cm³/mol. The lowest BCUT2D eigenvalue weighted by atomic mass is 10.1. The molecule has 128 valence electrons. The molecule has 24 heavy (non-hydrogen) atoms. The summed E-state index contributed by atoms with van der Waals surface area (Å²) in [6, 6.07) is 7.10. The van der Waals surface area contributed by atoms with Crippen LogP contribution in [-0.4, -0.2) is 37.4 Å². The van der Waals surface area contributed by atoms with Gasteiger partial charge in [-0.3, -0.25) is 14.4 Å². The summed E-state index contributed by atoms with van der Waals surface area (Å²) in [5.74, 6) is -0.445. The summed E-state index contributed by atoms with van der Waals surface area (Å²) in [5.41, 5.74) is 0.635. The Balaban J connectivity index is 1.47. The van der Waals surface area contributed by atoms with Crippen molar-refractivity contribution in [3.8, 4) is 0 Å². The van der Waals surface area contributed by atoms with Crippen LogP contribution in [-0.2, 0) is 14.4 Å². The summed E-state index contributed by atoms with van der Waals surface area (Å²) in [7, 11) is 0. The van der Waals surface area contributed by atoms with Crippen molar-refractivity contribution in [2.24, 2.45) is 11.8 Å². The molecule has 3 rings (SSSR count). The van der Waals surface area contributed by atoms with E-state index in [1.54, 1.807) is 23.1 Å². The third-order valence-electron chi connectivity index (χ3n) is 4.31. The molecule has 3 amide bonds. The van der Waals surface area contributed by atoms with E-state index in [2.05, 4.69) is 10.6 Å². The van der Waals surface area contributed by atoms with Crippen LogP contribution in [0.25, 0.3) is 0 Å². The molecule has 0 bridgehead atoms. The van der Waals surface area contributed by atoms with Crippen LogP contribution in [0, 0.1) is 11.8 Å². The Bertz CT molecular complexity index is 660. The van der Waals surface area contributed by atoms with Gasteiger partial charge in [0, 0.05) is 32.0 Å². The van der Waals surface area contributed by atoms with Crippen LogP contribution in [0.1, 0.15) is 19.3 Å². The molecular weight excluding hydrogens is 330 g/mol. The van der Waals surface area contributed by atoms with Gasteiger partial charge in [-0.15, -0.1) is 0 Å². The topological polar surface area (TPSA) is 78.5 Å². The lowest BCUT2D eigenvalue weighted by Crippen LogP contribution is -2.38. The summed E-state index contributed by atoms with van der Waals surface area (Å²) in [6.07, 6.45) is 2.09. The van der Waals surface area contributed by atoms with Crippen molar-refractivity contribution in [2.75, 3.05) is 24.5 Å². The molecule has 0 radical (unpaired) electrons. The molecule has 1 aromatic carbocycles. The maximum absolute atomic E-state index is 12.2. The number of halogens is 1. The van der Waals surface area contributed by atoms with Gasteiger partial charge in [0.2, 0.25) is 17.7 Å². The van der Waals surface area contributed by atoms with Crippen molar-refractivity contribution in [3.63, 3.8) is 0 Å². The minimum atomic E-state index is -0.395. The molecule has 1 aromatic rings. The number of amides is 3. The van der Waals surface area contributed by atoms with Crippen molar-refractivity contribution < 1.29 is 14.4 Å². The highest BCUT2D eigenvalue weighted by molar-refractivity contribution is 6.33. The molecule has 1 aliphatic carbocycles. The summed E-state index contributed by atoms with van der Waals surface area (Å²) in [4.78, 5) is 37.4. The molecule has 0 aromatic heterocycles. The molecular formula is C17H20ClN3O3. The third-order valence-corrected chi connectivity index (χ3v) is 4.63. The van der Waals surface area contributed by atoms with Gasteiger partial charge in [-0.25, -0.2) is 0 Å². The molecule has 2 aliphatic rings. The number of carbonyl (C=O) groups excluding carboxylic acids is 3. The molecule has 1 unspecified atom stereocenters. The lowest BCUT2D eigenvalue weighted by Gasteiger charge is -2.18. The Morgan fingerprint density at radius 1 is 1.08 bits per heavy atom. The van der Waals surface area contributed by atoms with E-state index in [4.69, 9.17) is 11.6 Å². The van der Waals surface area contributed by atoms with Crippen LogP contribution in [0.5, 0.6) is 0 Å². The van der Waals surface area contributed by atoms with Crippen molar-refractivity contribution in [3.05, 3.63) is 29.3 Å². The van der Waals surface area contributed by atoms with Crippen molar-refractivity contribution in [1.29, 1.82) is 0 Å². The number of hydrogen-bond acceptors (Lipinski definition) is 3. The average molecular weight is 350 g/mol. The number of para-hydroxylation sites is 1. The van der Waals surface area contributed by atoms with Gasteiger partial charge in [-0.1, -0.05) is 23.7 Å². The van der Waals surface area contributed by atoms with Crippen molar-refractivity contribution in [2.45, 2.75) is 19.3 Å². The second-order valence-electron chi connectivity index (χ2n) is 6.21. The summed E-state index contributed by atoms with van der Waals surface area (Å²) in [6.45, 7) is 1.10. The average Bonchev–Trinajstić information content (AvgIpc) is 3.35. The van der Waals surface area contributed by atoms with Gasteiger partial charge in [0.1, 0.15) is 0 Å². The van der Waals surface area contributed by atoms with Crippen LogP contribution >= 0.6 is 11.6 Å². The number of anilines is 1. The van der Waals surface area contributed by atoms with Crippen molar-refractivity contribution in [1.82, 2.24) is 10.6 Å². The largest absolute Gasteiger partial charge is 0.354 e. The molecule has 1 heterocycles. The number of nitrogens with zero attached hydrogens (tertiary/aromatic N) is 1. The second kappa shape index (κ2) is 7.21. The second-order valence-corrected chi connectivity index (χ2v) is 6.62. The fourth-order valence-corrected chi connectivity index (χ4v) is 3.03. The lowest BCUT2D eigenvalue weighted by molar-refractivity contribution is -0.126. The van der Waals surface area contributed by atoms with Gasteiger partial charge in [0.05, 0.1) is 16.6 Å². The molecule has 2 fully saturated rings. The highest BCUT2D eigenvalue weighted by Crippen LogP contribution is 2.31. The van der Waals surface area contributed by atoms with E-state index in [1.165, 1.54) is 0 Å². The first kappa shape index (κ1) is 16.8. The minimum absolute atomic E-state index is 0.0604. The van der Waals surface area contributed by atoms with E-state index >= 15 is 0 Å². The Kier molecular flexibility index (Phi) is 5.04. The first-order chi connectivity index (χ1) is 11.6. The normalized spacial score (nSPS) is 20.1. The van der Waals surface area contributed by atoms with E-state index in [9.17, 15) is 14.4 Å². The third kappa shape index (κ3) is 3.87. The summed E-state index contributed by atoms with van der Waals surface area (Å²) < 4.78 is 0. The van der Waals surface area contributed by atoms with Crippen LogP contribution in [0.15, 0.2) is 24.3 Å². The maximum atomic E-state index is 12.2. The van der Waals surface area contributed by atoms with E-state index in [1.807, 2.05) is 6.07 Å². The predicted octanol–water partition coefficient (Wildman–Crippen LogP) is 1.34. The van der Waals surface area contributed by atoms with Crippen LogP contribution in [0.2, 0.25) is 5.02 Å². The number of carbonyl (C=O) groups is 3. The minimum Gasteiger partial charge on any atom is -0.354 e. The quantitative estimate of drug-likeness (QED) is 0.761. The van der Waals surface area contributed by atoms with Crippen LogP contribution in [0.4, 0.5) is 5.69 Å². The Labute approximate surface area is 145 Å². The first-order valence-electron chi connectivity index (χ1n) is 8.16. The van der Waals surface area contributed by atoms with E-state index < -0.39 is 5.92 Å². The zero-order chi connectivity index (χ0) is 17.1. The van der Waals surface area contributed by atoms with Gasteiger partial charge in [-0.2, -0.15) is 0 Å². The standard InChI is InChI=1S/C17H20ClN3O3/c18-13-3-1-2-4-14(13)21-10-12(9-15(21)22)17(24)20-8-7-19-16(23)11-5-6-11/h1-4,11-12H,5-10H2,(H,19,23)(H,20,24). The molecule has 1 saturated heterocycles. The molecule has 2 N–H and O–H groups in total. The van der Waals surface area contributed by atoms with Gasteiger partial charge in [0.25, 0.3) is 0 Å². The van der Waals surface area contributed by atoms with Gasteiger partial charge >= 0.3 is 0 Å². The maximum Gasteiger partial charge on any atom is 0.227 e. The monoisotopic (exact) mass is 349 g/mol. The summed E-state index contributed by atoms with van der Waals surface area (Å²) >= 11 is 6.12. The highest BCUT2D eigenvalue weighted by Gasteiger charge is 2.35. The highest BCUT2D eigenvalue weighted by atomic mass is 35.5. The number of hydrogen-bond donors (Lipinski definition) is 2. The van der Waals surface area contributed by atoms with Crippen LogP contribution < -0.4 is 15.5 Å². The molecule has 1 aliphatic heterocycles. The Morgan fingerprint density at radius 2 is 1.71 bits per heavy atom. The van der Waals surface area contributed by atoms with E-state index in [0.717, 1.165) is 12.8 Å². The smallest absolute Gasteiger partial charge is 0.227 e. The van der Waals surface area contributed by atoms with E-state index in [-0.39, 0.29) is 30.1 Å².